The van der Waals surface area contributed by atoms with Crippen LogP contribution in [0.3, 0.4) is 0 Å². The Kier molecular flexibility index (Phi) is 5.00. The zero-order chi connectivity index (χ0) is 14.5. The van der Waals surface area contributed by atoms with Crippen molar-refractivity contribution in [2.45, 2.75) is 12.6 Å². The number of hydrogen-bond acceptors (Lipinski definition) is 3. The number of aliphatic hydroxyl groups is 1. The minimum atomic E-state index is -1.25. The summed E-state index contributed by atoms with van der Waals surface area (Å²) in [5, 5.41) is 13.1. The van der Waals surface area contributed by atoms with Gasteiger partial charge in [-0.15, -0.1) is 0 Å². The fourth-order valence-corrected chi connectivity index (χ4v) is 1.91. The van der Waals surface area contributed by atoms with Gasteiger partial charge >= 0.3 is 0 Å². The number of aliphatic hydroxyl groups excluding tert-OH is 1. The highest BCUT2D eigenvalue weighted by Gasteiger charge is 2.17. The molecule has 0 spiro atoms. The van der Waals surface area contributed by atoms with Crippen molar-refractivity contribution in [3.63, 3.8) is 0 Å². The van der Waals surface area contributed by atoms with Gasteiger partial charge in [-0.3, -0.25) is 0 Å². The lowest BCUT2D eigenvalue weighted by Gasteiger charge is -2.13. The Bertz CT molecular complexity index is 558. The van der Waals surface area contributed by atoms with Crippen molar-refractivity contribution in [2.24, 2.45) is 0 Å². The molecule has 2 N–H and O–H groups in total. The van der Waals surface area contributed by atoms with Crippen LogP contribution in [-0.4, -0.2) is 16.6 Å². The third-order valence-electron chi connectivity index (χ3n) is 2.79. The molecule has 2 rings (SSSR count). The van der Waals surface area contributed by atoms with Crippen LogP contribution in [0.4, 0.5) is 8.78 Å². The first-order valence-electron chi connectivity index (χ1n) is 6.01. The molecule has 1 aromatic heterocycles. The number of rotatable bonds is 5. The van der Waals surface area contributed by atoms with Crippen molar-refractivity contribution in [2.75, 3.05) is 6.54 Å². The summed E-state index contributed by atoms with van der Waals surface area (Å²) in [5.41, 5.74) is 0.532. The summed E-state index contributed by atoms with van der Waals surface area (Å²) in [4.78, 5) is 3.91. The second-order valence-corrected chi connectivity index (χ2v) is 4.66. The lowest BCUT2D eigenvalue weighted by molar-refractivity contribution is 0.164. The Morgan fingerprint density at radius 2 is 1.90 bits per heavy atom. The van der Waals surface area contributed by atoms with Crippen molar-refractivity contribution < 1.29 is 13.9 Å². The minimum absolute atomic E-state index is 0.0283. The van der Waals surface area contributed by atoms with Crippen LogP contribution in [0, 0.1) is 11.6 Å². The summed E-state index contributed by atoms with van der Waals surface area (Å²) in [5.74, 6) is -1.51. The third kappa shape index (κ3) is 3.72. The molecule has 1 heterocycles. The average molecular weight is 299 g/mol. The fraction of sp³-hybridized carbons (Fsp3) is 0.214. The molecular formula is C14H13ClF2N2O. The molecule has 0 saturated heterocycles. The lowest BCUT2D eigenvalue weighted by Crippen LogP contribution is -2.22. The van der Waals surface area contributed by atoms with Gasteiger partial charge in [-0.05, 0) is 23.8 Å². The van der Waals surface area contributed by atoms with Crippen molar-refractivity contribution in [3.05, 3.63) is 64.4 Å². The van der Waals surface area contributed by atoms with Crippen LogP contribution in [0.5, 0.6) is 0 Å². The maximum absolute atomic E-state index is 13.4. The Hall–Kier alpha value is -1.56. The van der Waals surface area contributed by atoms with E-state index in [9.17, 15) is 13.9 Å². The smallest absolute Gasteiger partial charge is 0.131 e. The topological polar surface area (TPSA) is 45.1 Å². The van der Waals surface area contributed by atoms with Crippen LogP contribution < -0.4 is 5.32 Å². The molecule has 0 saturated carbocycles. The Morgan fingerprint density at radius 3 is 2.50 bits per heavy atom. The van der Waals surface area contributed by atoms with Gasteiger partial charge in [0.15, 0.2) is 0 Å². The average Bonchev–Trinajstić information content (AvgIpc) is 2.41. The Labute approximate surface area is 120 Å². The van der Waals surface area contributed by atoms with Gasteiger partial charge in [0.05, 0.1) is 11.7 Å². The van der Waals surface area contributed by atoms with Crippen LogP contribution in [0.2, 0.25) is 5.15 Å². The number of nitrogens with one attached hydrogen (secondary N) is 1. The van der Waals surface area contributed by atoms with Gasteiger partial charge < -0.3 is 10.4 Å². The normalized spacial score (nSPS) is 12.4. The van der Waals surface area contributed by atoms with Gasteiger partial charge in [0, 0.05) is 19.3 Å². The highest BCUT2D eigenvalue weighted by molar-refractivity contribution is 6.29. The quantitative estimate of drug-likeness (QED) is 0.834. The standard InChI is InChI=1S/C14H13ClF2N2O/c15-13-5-4-9(7-19-13)6-18-8-12(20)14-10(16)2-1-3-11(14)17/h1-5,7,12,18,20H,6,8H2. The Balaban J connectivity index is 1.92. The van der Waals surface area contributed by atoms with Crippen LogP contribution in [0.15, 0.2) is 36.5 Å². The predicted molar refractivity (Wildman–Crippen MR) is 72.3 cm³/mol. The highest BCUT2D eigenvalue weighted by Crippen LogP contribution is 2.20. The van der Waals surface area contributed by atoms with Gasteiger partial charge in [0.2, 0.25) is 0 Å². The molecule has 0 aliphatic carbocycles. The summed E-state index contributed by atoms with van der Waals surface area (Å²) in [6.07, 6.45) is 0.335. The molecule has 1 aromatic carbocycles. The molecule has 20 heavy (non-hydrogen) atoms. The minimum Gasteiger partial charge on any atom is -0.387 e. The number of aromatic nitrogens is 1. The first-order valence-corrected chi connectivity index (χ1v) is 6.39. The molecule has 1 atom stereocenters. The van der Waals surface area contributed by atoms with E-state index in [1.54, 1.807) is 18.3 Å². The monoisotopic (exact) mass is 298 g/mol. The summed E-state index contributed by atoms with van der Waals surface area (Å²) in [6, 6.07) is 6.91. The second kappa shape index (κ2) is 6.74. The van der Waals surface area contributed by atoms with Gasteiger partial charge in [-0.2, -0.15) is 0 Å². The second-order valence-electron chi connectivity index (χ2n) is 4.27. The molecule has 0 fully saturated rings. The highest BCUT2D eigenvalue weighted by atomic mass is 35.5. The molecular weight excluding hydrogens is 286 g/mol. The van der Waals surface area contributed by atoms with Crippen LogP contribution >= 0.6 is 11.6 Å². The maximum Gasteiger partial charge on any atom is 0.131 e. The van der Waals surface area contributed by atoms with Gasteiger partial charge in [-0.25, -0.2) is 13.8 Å². The third-order valence-corrected chi connectivity index (χ3v) is 3.01. The van der Waals surface area contributed by atoms with Crippen molar-refractivity contribution in [1.29, 1.82) is 0 Å². The van der Waals surface area contributed by atoms with Gasteiger partial charge in [0.1, 0.15) is 16.8 Å². The van der Waals surface area contributed by atoms with E-state index < -0.39 is 17.7 Å². The van der Waals surface area contributed by atoms with Gasteiger partial charge in [0.25, 0.3) is 0 Å². The maximum atomic E-state index is 13.4. The molecule has 0 radical (unpaired) electrons. The van der Waals surface area contributed by atoms with E-state index in [-0.39, 0.29) is 12.1 Å². The zero-order valence-electron chi connectivity index (χ0n) is 10.5. The lowest BCUT2D eigenvalue weighted by atomic mass is 10.1. The summed E-state index contributed by atoms with van der Waals surface area (Å²) >= 11 is 5.66. The molecule has 0 aliphatic rings. The van der Waals surface area contributed by atoms with Crippen molar-refractivity contribution in [1.82, 2.24) is 10.3 Å². The fourth-order valence-electron chi connectivity index (χ4n) is 1.80. The SMILES string of the molecule is OC(CNCc1ccc(Cl)nc1)c1c(F)cccc1F. The van der Waals surface area contributed by atoms with Crippen LogP contribution in [-0.2, 0) is 6.54 Å². The largest absolute Gasteiger partial charge is 0.387 e. The number of nitrogens with zero attached hydrogens (tertiary/aromatic N) is 1. The van der Waals surface area contributed by atoms with Crippen LogP contribution in [0.25, 0.3) is 0 Å². The zero-order valence-corrected chi connectivity index (χ0v) is 11.2. The molecule has 1 unspecified atom stereocenters. The van der Waals surface area contributed by atoms with Crippen molar-refractivity contribution >= 4 is 11.6 Å². The summed E-state index contributed by atoms with van der Waals surface area (Å²) in [6.45, 7) is 0.442. The van der Waals surface area contributed by atoms with E-state index in [2.05, 4.69) is 10.3 Å². The number of pyridine rings is 1. The Morgan fingerprint density at radius 1 is 1.20 bits per heavy atom. The van der Waals surface area contributed by atoms with E-state index in [0.29, 0.717) is 11.7 Å². The van der Waals surface area contributed by atoms with E-state index >= 15 is 0 Å². The first kappa shape index (κ1) is 14.8. The van der Waals surface area contributed by atoms with E-state index in [1.807, 2.05) is 0 Å². The molecule has 0 aliphatic heterocycles. The molecule has 2 aromatic rings. The van der Waals surface area contributed by atoms with E-state index in [1.165, 1.54) is 6.07 Å². The summed E-state index contributed by atoms with van der Waals surface area (Å²) < 4.78 is 26.9. The first-order chi connectivity index (χ1) is 9.58. The number of benzene rings is 1. The molecule has 0 amide bonds. The van der Waals surface area contributed by atoms with E-state index in [4.69, 9.17) is 11.6 Å². The van der Waals surface area contributed by atoms with E-state index in [0.717, 1.165) is 17.7 Å². The number of hydrogen-bond donors (Lipinski definition) is 2. The predicted octanol–water partition coefficient (Wildman–Crippen LogP) is 2.84. The van der Waals surface area contributed by atoms with Crippen LogP contribution in [0.1, 0.15) is 17.2 Å². The molecule has 3 nitrogen and oxygen atoms in total. The number of halogens is 3. The van der Waals surface area contributed by atoms with Gasteiger partial charge in [-0.1, -0.05) is 23.7 Å². The molecule has 0 bridgehead atoms. The van der Waals surface area contributed by atoms with Crippen molar-refractivity contribution in [3.8, 4) is 0 Å². The molecule has 106 valence electrons. The summed E-state index contributed by atoms with van der Waals surface area (Å²) in [7, 11) is 0. The molecule has 6 heteroatoms.